The lowest BCUT2D eigenvalue weighted by Crippen LogP contribution is -2.35. The molecule has 0 aliphatic heterocycles. The van der Waals surface area contributed by atoms with Crippen molar-refractivity contribution in [2.75, 3.05) is 6.54 Å². The fourth-order valence-corrected chi connectivity index (χ4v) is 2.33. The maximum absolute atomic E-state index is 10.5. The molecular formula is C15H20ClN3O. The first-order valence-corrected chi connectivity index (χ1v) is 6.93. The van der Waals surface area contributed by atoms with Crippen LogP contribution in [0, 0.1) is 6.92 Å². The van der Waals surface area contributed by atoms with E-state index in [0.29, 0.717) is 13.1 Å². The van der Waals surface area contributed by atoms with Crippen molar-refractivity contribution in [3.63, 3.8) is 0 Å². The Labute approximate surface area is 124 Å². The molecule has 0 saturated heterocycles. The molecule has 20 heavy (non-hydrogen) atoms. The summed E-state index contributed by atoms with van der Waals surface area (Å²) in [6.07, 6.45) is 3.52. The van der Waals surface area contributed by atoms with Crippen molar-refractivity contribution in [2.24, 2.45) is 7.05 Å². The van der Waals surface area contributed by atoms with E-state index >= 15 is 0 Å². The number of hydrogen-bond donors (Lipinski definition) is 2. The van der Waals surface area contributed by atoms with Gasteiger partial charge in [-0.25, -0.2) is 0 Å². The zero-order valence-corrected chi connectivity index (χ0v) is 12.8. The summed E-state index contributed by atoms with van der Waals surface area (Å²) >= 11 is 5.94. The number of rotatable bonds is 5. The number of hydrogen-bond acceptors (Lipinski definition) is 3. The Morgan fingerprint density at radius 3 is 2.80 bits per heavy atom. The van der Waals surface area contributed by atoms with E-state index in [1.54, 1.807) is 17.8 Å². The largest absolute Gasteiger partial charge is 0.384 e. The second-order valence-electron chi connectivity index (χ2n) is 5.35. The predicted molar refractivity (Wildman–Crippen MR) is 80.7 cm³/mol. The Bertz CT molecular complexity index is 593. The minimum absolute atomic E-state index is 0.459. The first-order chi connectivity index (χ1) is 9.38. The first-order valence-electron chi connectivity index (χ1n) is 6.56. The van der Waals surface area contributed by atoms with Crippen molar-refractivity contribution in [3.8, 4) is 0 Å². The summed E-state index contributed by atoms with van der Waals surface area (Å²) in [5, 5.41) is 18.6. The van der Waals surface area contributed by atoms with Crippen molar-refractivity contribution < 1.29 is 5.11 Å². The molecule has 1 atom stereocenters. The molecule has 0 amide bonds. The summed E-state index contributed by atoms with van der Waals surface area (Å²) in [5.41, 5.74) is 2.19. The molecule has 0 spiro atoms. The highest BCUT2D eigenvalue weighted by Gasteiger charge is 2.24. The van der Waals surface area contributed by atoms with Gasteiger partial charge in [-0.05, 0) is 37.1 Å². The van der Waals surface area contributed by atoms with Crippen LogP contribution in [-0.2, 0) is 19.2 Å². The molecular weight excluding hydrogens is 274 g/mol. The molecule has 4 nitrogen and oxygen atoms in total. The quantitative estimate of drug-likeness (QED) is 0.890. The van der Waals surface area contributed by atoms with Crippen LogP contribution in [0.15, 0.2) is 30.6 Å². The Hall–Kier alpha value is -1.36. The van der Waals surface area contributed by atoms with Crippen LogP contribution >= 0.6 is 11.6 Å². The molecule has 2 N–H and O–H groups in total. The minimum atomic E-state index is -0.936. The second kappa shape index (κ2) is 5.95. The summed E-state index contributed by atoms with van der Waals surface area (Å²) in [5.74, 6) is 0. The van der Waals surface area contributed by atoms with E-state index in [4.69, 9.17) is 11.6 Å². The van der Waals surface area contributed by atoms with Gasteiger partial charge < -0.3 is 10.4 Å². The van der Waals surface area contributed by atoms with Crippen LogP contribution in [0.2, 0.25) is 5.02 Å². The monoisotopic (exact) mass is 293 g/mol. The average Bonchev–Trinajstić information content (AvgIpc) is 2.79. The van der Waals surface area contributed by atoms with Crippen molar-refractivity contribution >= 4 is 11.6 Å². The van der Waals surface area contributed by atoms with Crippen molar-refractivity contribution in [2.45, 2.75) is 26.0 Å². The van der Waals surface area contributed by atoms with Gasteiger partial charge in [0.1, 0.15) is 5.60 Å². The average molecular weight is 294 g/mol. The second-order valence-corrected chi connectivity index (χ2v) is 5.79. The number of halogens is 1. The highest BCUT2D eigenvalue weighted by molar-refractivity contribution is 6.30. The lowest BCUT2D eigenvalue weighted by molar-refractivity contribution is 0.0566. The summed E-state index contributed by atoms with van der Waals surface area (Å²) in [6, 6.07) is 5.83. The number of benzene rings is 1. The van der Waals surface area contributed by atoms with E-state index in [0.717, 1.165) is 16.1 Å². The zero-order valence-electron chi connectivity index (χ0n) is 12.0. The maximum Gasteiger partial charge on any atom is 0.102 e. The molecule has 108 valence electrons. The SMILES string of the molecule is Cc1cc(Cl)ccc1CNCC(C)(O)c1cnn(C)c1. The van der Waals surface area contributed by atoms with E-state index in [9.17, 15) is 5.11 Å². The van der Waals surface area contributed by atoms with E-state index in [1.807, 2.05) is 38.4 Å². The number of aryl methyl sites for hydroxylation is 2. The van der Waals surface area contributed by atoms with Crippen LogP contribution in [-0.4, -0.2) is 21.4 Å². The third kappa shape index (κ3) is 3.60. The standard InChI is InChI=1S/C15H20ClN3O/c1-11-6-14(16)5-4-12(11)7-17-10-15(2,20)13-8-18-19(3)9-13/h4-6,8-9,17,20H,7,10H2,1-3H3. The van der Waals surface area contributed by atoms with Crippen molar-refractivity contribution in [3.05, 3.63) is 52.3 Å². The molecule has 0 saturated carbocycles. The van der Waals surface area contributed by atoms with Crippen LogP contribution in [0.1, 0.15) is 23.6 Å². The van der Waals surface area contributed by atoms with Gasteiger partial charge >= 0.3 is 0 Å². The Balaban J connectivity index is 1.95. The summed E-state index contributed by atoms with van der Waals surface area (Å²) < 4.78 is 1.69. The lowest BCUT2D eigenvalue weighted by atomic mass is 9.99. The van der Waals surface area contributed by atoms with Gasteiger partial charge in [-0.15, -0.1) is 0 Å². The molecule has 1 heterocycles. The zero-order chi connectivity index (χ0) is 14.8. The normalized spacial score (nSPS) is 14.2. The van der Waals surface area contributed by atoms with E-state index in [2.05, 4.69) is 10.4 Å². The Morgan fingerprint density at radius 1 is 1.45 bits per heavy atom. The number of nitrogens with zero attached hydrogens (tertiary/aromatic N) is 2. The Morgan fingerprint density at radius 2 is 2.20 bits per heavy atom. The summed E-state index contributed by atoms with van der Waals surface area (Å²) in [6.45, 7) is 4.97. The van der Waals surface area contributed by atoms with Gasteiger partial charge in [-0.1, -0.05) is 17.7 Å². The summed E-state index contributed by atoms with van der Waals surface area (Å²) in [7, 11) is 1.84. The van der Waals surface area contributed by atoms with Crippen LogP contribution in [0.4, 0.5) is 0 Å². The lowest BCUT2D eigenvalue weighted by Gasteiger charge is -2.22. The fraction of sp³-hybridized carbons (Fsp3) is 0.400. The van der Waals surface area contributed by atoms with Gasteiger partial charge in [0.25, 0.3) is 0 Å². The van der Waals surface area contributed by atoms with Crippen LogP contribution < -0.4 is 5.32 Å². The number of nitrogens with one attached hydrogen (secondary N) is 1. The molecule has 0 bridgehead atoms. The molecule has 2 aromatic rings. The Kier molecular flexibility index (Phi) is 4.48. The molecule has 1 aromatic carbocycles. The highest BCUT2D eigenvalue weighted by atomic mass is 35.5. The number of aromatic nitrogens is 2. The molecule has 0 aliphatic carbocycles. The predicted octanol–water partition coefficient (Wildman–Crippen LogP) is 2.38. The summed E-state index contributed by atoms with van der Waals surface area (Å²) in [4.78, 5) is 0. The maximum atomic E-state index is 10.5. The molecule has 0 radical (unpaired) electrons. The molecule has 1 unspecified atom stereocenters. The van der Waals surface area contributed by atoms with Crippen LogP contribution in [0.3, 0.4) is 0 Å². The molecule has 5 heteroatoms. The van der Waals surface area contributed by atoms with E-state index in [-0.39, 0.29) is 0 Å². The van der Waals surface area contributed by atoms with Crippen molar-refractivity contribution in [1.82, 2.24) is 15.1 Å². The van der Waals surface area contributed by atoms with Gasteiger partial charge in [0.05, 0.1) is 6.20 Å². The van der Waals surface area contributed by atoms with Gasteiger partial charge in [0.15, 0.2) is 0 Å². The molecule has 2 rings (SSSR count). The van der Waals surface area contributed by atoms with Gasteiger partial charge in [0.2, 0.25) is 0 Å². The highest BCUT2D eigenvalue weighted by Crippen LogP contribution is 2.19. The topological polar surface area (TPSA) is 50.1 Å². The van der Waals surface area contributed by atoms with E-state index < -0.39 is 5.60 Å². The van der Waals surface area contributed by atoms with E-state index in [1.165, 1.54) is 5.56 Å². The van der Waals surface area contributed by atoms with Gasteiger partial charge in [-0.2, -0.15) is 5.10 Å². The van der Waals surface area contributed by atoms with Gasteiger partial charge in [0, 0.05) is 36.9 Å². The number of aliphatic hydroxyl groups is 1. The smallest absolute Gasteiger partial charge is 0.102 e. The fourth-order valence-electron chi connectivity index (χ4n) is 2.10. The van der Waals surface area contributed by atoms with Crippen LogP contribution in [0.25, 0.3) is 0 Å². The molecule has 0 fully saturated rings. The van der Waals surface area contributed by atoms with Crippen molar-refractivity contribution in [1.29, 1.82) is 0 Å². The molecule has 0 aliphatic rings. The van der Waals surface area contributed by atoms with Crippen LogP contribution in [0.5, 0.6) is 0 Å². The third-order valence-electron chi connectivity index (χ3n) is 3.42. The first kappa shape index (κ1) is 15.0. The minimum Gasteiger partial charge on any atom is -0.384 e. The molecule has 1 aromatic heterocycles. The van der Waals surface area contributed by atoms with Gasteiger partial charge in [-0.3, -0.25) is 4.68 Å². The third-order valence-corrected chi connectivity index (χ3v) is 3.65.